The standard InChI is InChI=1S/C15H22O5S/c1-11(2)6-7-20-8-9-21(18,19)14-10-13(15(16)17)5-4-12(14)3/h4-5,10-11H,6-9H2,1-3H3,(H,16,17). The monoisotopic (exact) mass is 314 g/mol. The Hall–Kier alpha value is -1.40. The van der Waals surface area contributed by atoms with Crippen molar-refractivity contribution in [1.82, 2.24) is 0 Å². The van der Waals surface area contributed by atoms with Crippen LogP contribution in [-0.2, 0) is 14.6 Å². The summed E-state index contributed by atoms with van der Waals surface area (Å²) in [5.41, 5.74) is 0.516. The zero-order valence-corrected chi connectivity index (χ0v) is 13.4. The lowest BCUT2D eigenvalue weighted by atomic mass is 10.1. The third kappa shape index (κ3) is 5.47. The molecule has 1 N–H and O–H groups in total. The number of aromatic carboxylic acids is 1. The fraction of sp³-hybridized carbons (Fsp3) is 0.533. The molecule has 0 unspecified atom stereocenters. The van der Waals surface area contributed by atoms with Gasteiger partial charge in [0.2, 0.25) is 0 Å². The Morgan fingerprint density at radius 2 is 1.95 bits per heavy atom. The van der Waals surface area contributed by atoms with Crippen LogP contribution in [0.15, 0.2) is 23.1 Å². The van der Waals surface area contributed by atoms with E-state index in [4.69, 9.17) is 9.84 Å². The number of rotatable bonds is 8. The molecule has 118 valence electrons. The average molecular weight is 314 g/mol. The van der Waals surface area contributed by atoms with Crippen molar-refractivity contribution in [1.29, 1.82) is 0 Å². The maximum absolute atomic E-state index is 12.3. The molecule has 1 aromatic rings. The highest BCUT2D eigenvalue weighted by molar-refractivity contribution is 7.91. The Morgan fingerprint density at radius 1 is 1.29 bits per heavy atom. The lowest BCUT2D eigenvalue weighted by Gasteiger charge is -2.10. The van der Waals surface area contributed by atoms with Gasteiger partial charge in [-0.15, -0.1) is 0 Å². The van der Waals surface area contributed by atoms with Gasteiger partial charge in [-0.3, -0.25) is 0 Å². The van der Waals surface area contributed by atoms with Crippen molar-refractivity contribution in [2.45, 2.75) is 32.1 Å². The van der Waals surface area contributed by atoms with E-state index in [1.807, 2.05) is 0 Å². The number of carbonyl (C=O) groups is 1. The minimum atomic E-state index is -3.54. The molecule has 0 saturated heterocycles. The molecule has 0 amide bonds. The SMILES string of the molecule is Cc1ccc(C(=O)O)cc1S(=O)(=O)CCOCCC(C)C. The van der Waals surface area contributed by atoms with E-state index in [2.05, 4.69) is 13.8 Å². The highest BCUT2D eigenvalue weighted by Gasteiger charge is 2.19. The van der Waals surface area contributed by atoms with Gasteiger partial charge in [-0.05, 0) is 37.0 Å². The van der Waals surface area contributed by atoms with E-state index in [1.165, 1.54) is 18.2 Å². The van der Waals surface area contributed by atoms with Gasteiger partial charge in [0.25, 0.3) is 0 Å². The van der Waals surface area contributed by atoms with Crippen LogP contribution in [0.4, 0.5) is 0 Å². The van der Waals surface area contributed by atoms with Gasteiger partial charge >= 0.3 is 5.97 Å². The van der Waals surface area contributed by atoms with Crippen LogP contribution in [0.3, 0.4) is 0 Å². The lowest BCUT2D eigenvalue weighted by molar-refractivity contribution is 0.0696. The molecule has 21 heavy (non-hydrogen) atoms. The highest BCUT2D eigenvalue weighted by Crippen LogP contribution is 2.18. The number of sulfone groups is 1. The minimum Gasteiger partial charge on any atom is -0.478 e. The smallest absolute Gasteiger partial charge is 0.335 e. The Labute approximate surface area is 125 Å². The summed E-state index contributed by atoms with van der Waals surface area (Å²) in [5, 5.41) is 8.94. The zero-order valence-electron chi connectivity index (χ0n) is 12.6. The molecule has 0 fully saturated rings. The van der Waals surface area contributed by atoms with E-state index in [-0.39, 0.29) is 22.8 Å². The van der Waals surface area contributed by atoms with E-state index in [0.29, 0.717) is 18.1 Å². The summed E-state index contributed by atoms with van der Waals surface area (Å²) in [6.07, 6.45) is 0.883. The maximum Gasteiger partial charge on any atom is 0.335 e. The number of benzene rings is 1. The van der Waals surface area contributed by atoms with Crippen LogP contribution < -0.4 is 0 Å². The van der Waals surface area contributed by atoms with Crippen molar-refractivity contribution in [2.24, 2.45) is 5.92 Å². The summed E-state index contributed by atoms with van der Waals surface area (Å²) in [7, 11) is -3.54. The zero-order chi connectivity index (χ0) is 16.0. The molecule has 1 aromatic carbocycles. The van der Waals surface area contributed by atoms with Crippen molar-refractivity contribution in [3.63, 3.8) is 0 Å². The third-order valence-electron chi connectivity index (χ3n) is 3.11. The van der Waals surface area contributed by atoms with E-state index in [1.54, 1.807) is 6.92 Å². The van der Waals surface area contributed by atoms with Crippen molar-refractivity contribution < 1.29 is 23.1 Å². The molecule has 5 nitrogen and oxygen atoms in total. The topological polar surface area (TPSA) is 80.7 Å². The normalized spacial score (nSPS) is 11.8. The summed E-state index contributed by atoms with van der Waals surface area (Å²) in [6, 6.07) is 4.12. The first-order valence-corrected chi connectivity index (χ1v) is 8.53. The Kier molecular flexibility index (Phi) is 6.36. The second-order valence-electron chi connectivity index (χ2n) is 5.40. The molecule has 0 atom stereocenters. The number of ether oxygens (including phenoxy) is 1. The Balaban J connectivity index is 2.74. The van der Waals surface area contributed by atoms with Crippen LogP contribution in [0.25, 0.3) is 0 Å². The second kappa shape index (κ2) is 7.56. The first-order valence-electron chi connectivity index (χ1n) is 6.88. The maximum atomic E-state index is 12.3. The summed E-state index contributed by atoms with van der Waals surface area (Å²) in [5.74, 6) is -0.773. The van der Waals surface area contributed by atoms with Crippen LogP contribution in [0.2, 0.25) is 0 Å². The number of aryl methyl sites for hydroxylation is 1. The van der Waals surface area contributed by atoms with E-state index >= 15 is 0 Å². The Bertz CT molecular complexity index is 590. The van der Waals surface area contributed by atoms with Crippen molar-refractivity contribution in [3.05, 3.63) is 29.3 Å². The first kappa shape index (κ1) is 17.7. The van der Waals surface area contributed by atoms with Gasteiger partial charge in [0.05, 0.1) is 22.8 Å². The van der Waals surface area contributed by atoms with Gasteiger partial charge < -0.3 is 9.84 Å². The van der Waals surface area contributed by atoms with Crippen molar-refractivity contribution >= 4 is 15.8 Å². The molecule has 0 saturated carbocycles. The summed E-state index contributed by atoms with van der Waals surface area (Å²) < 4.78 is 29.8. The van der Waals surface area contributed by atoms with E-state index in [9.17, 15) is 13.2 Å². The molecule has 0 aliphatic carbocycles. The largest absolute Gasteiger partial charge is 0.478 e. The number of hydrogen-bond acceptors (Lipinski definition) is 4. The predicted molar refractivity (Wildman–Crippen MR) is 80.5 cm³/mol. The second-order valence-corrected chi connectivity index (χ2v) is 7.48. The molecule has 0 radical (unpaired) electrons. The number of hydrogen-bond donors (Lipinski definition) is 1. The van der Waals surface area contributed by atoms with Crippen molar-refractivity contribution in [2.75, 3.05) is 19.0 Å². The molecule has 0 bridgehead atoms. The summed E-state index contributed by atoms with van der Waals surface area (Å²) in [6.45, 7) is 6.44. The minimum absolute atomic E-state index is 0.0279. The van der Waals surface area contributed by atoms with Crippen LogP contribution >= 0.6 is 0 Å². The molecular weight excluding hydrogens is 292 g/mol. The van der Waals surface area contributed by atoms with Crippen LogP contribution in [0, 0.1) is 12.8 Å². The molecule has 6 heteroatoms. The van der Waals surface area contributed by atoms with Gasteiger partial charge in [0, 0.05) is 6.61 Å². The summed E-state index contributed by atoms with van der Waals surface area (Å²) >= 11 is 0. The van der Waals surface area contributed by atoms with Gasteiger partial charge in [0.15, 0.2) is 9.84 Å². The third-order valence-corrected chi connectivity index (χ3v) is 4.92. The lowest BCUT2D eigenvalue weighted by Crippen LogP contribution is -2.15. The fourth-order valence-corrected chi connectivity index (χ4v) is 3.19. The van der Waals surface area contributed by atoms with Crippen molar-refractivity contribution in [3.8, 4) is 0 Å². The predicted octanol–water partition coefficient (Wildman–Crippen LogP) is 2.53. The molecule has 1 rings (SSSR count). The average Bonchev–Trinajstić information content (AvgIpc) is 2.37. The summed E-state index contributed by atoms with van der Waals surface area (Å²) in [4.78, 5) is 11.0. The number of carboxylic acids is 1. The van der Waals surface area contributed by atoms with Crippen LogP contribution in [-0.4, -0.2) is 38.5 Å². The van der Waals surface area contributed by atoms with Gasteiger partial charge in [-0.2, -0.15) is 0 Å². The van der Waals surface area contributed by atoms with Crippen LogP contribution in [0.5, 0.6) is 0 Å². The van der Waals surface area contributed by atoms with E-state index in [0.717, 1.165) is 6.42 Å². The van der Waals surface area contributed by atoms with E-state index < -0.39 is 15.8 Å². The molecule has 0 heterocycles. The Morgan fingerprint density at radius 3 is 2.52 bits per heavy atom. The van der Waals surface area contributed by atoms with Gasteiger partial charge in [-0.1, -0.05) is 19.9 Å². The number of carboxylic acid groups (broad SMARTS) is 1. The van der Waals surface area contributed by atoms with Crippen LogP contribution in [0.1, 0.15) is 36.2 Å². The molecular formula is C15H22O5S. The van der Waals surface area contributed by atoms with Gasteiger partial charge in [-0.25, -0.2) is 13.2 Å². The van der Waals surface area contributed by atoms with Gasteiger partial charge in [0.1, 0.15) is 0 Å². The molecule has 0 aromatic heterocycles. The fourth-order valence-electron chi connectivity index (χ4n) is 1.77. The first-order chi connectivity index (χ1) is 9.74. The highest BCUT2D eigenvalue weighted by atomic mass is 32.2. The quantitative estimate of drug-likeness (QED) is 0.746. The molecule has 0 aliphatic heterocycles. The molecule has 0 aliphatic rings. The molecule has 0 spiro atoms.